The second-order valence-corrected chi connectivity index (χ2v) is 8.13. The molecule has 4 heteroatoms. The quantitative estimate of drug-likeness (QED) is 0.663. The highest BCUT2D eigenvalue weighted by atomic mass is 32.2. The third kappa shape index (κ3) is 3.72. The van der Waals surface area contributed by atoms with E-state index in [-0.39, 0.29) is 0 Å². The fraction of sp³-hybridized carbons (Fsp3) is 0.588. The van der Waals surface area contributed by atoms with Crippen molar-refractivity contribution < 1.29 is 0 Å². The van der Waals surface area contributed by atoms with Gasteiger partial charge in [0, 0.05) is 29.2 Å². The Balaban J connectivity index is 2.23. The van der Waals surface area contributed by atoms with E-state index in [1.807, 2.05) is 0 Å². The first-order valence-electron chi connectivity index (χ1n) is 7.56. The van der Waals surface area contributed by atoms with E-state index in [2.05, 4.69) is 50.1 Å². The molecule has 1 aromatic rings. The molecule has 1 aliphatic heterocycles. The lowest BCUT2D eigenvalue weighted by atomic mass is 9.75. The van der Waals surface area contributed by atoms with Gasteiger partial charge in [-0.25, -0.2) is 0 Å². The summed E-state index contributed by atoms with van der Waals surface area (Å²) < 4.78 is 0. The number of hydrogen-bond donors (Lipinski definition) is 1. The molecule has 21 heavy (non-hydrogen) atoms. The van der Waals surface area contributed by atoms with Crippen LogP contribution in [0.4, 0.5) is 5.69 Å². The largest absolute Gasteiger partial charge is 0.389 e. The fourth-order valence-corrected chi connectivity index (χ4v) is 4.10. The summed E-state index contributed by atoms with van der Waals surface area (Å²) in [6, 6.07) is 6.37. The van der Waals surface area contributed by atoms with Crippen molar-refractivity contribution in [1.82, 2.24) is 0 Å². The predicted molar refractivity (Wildman–Crippen MR) is 98.5 cm³/mol. The summed E-state index contributed by atoms with van der Waals surface area (Å²) >= 11 is 7.01. The number of benzene rings is 1. The Morgan fingerprint density at radius 2 is 1.90 bits per heavy atom. The molecule has 0 radical (unpaired) electrons. The molecule has 0 unspecified atom stereocenters. The molecule has 1 saturated heterocycles. The molecule has 0 bridgehead atoms. The summed E-state index contributed by atoms with van der Waals surface area (Å²) in [7, 11) is 0. The maximum atomic E-state index is 5.99. The van der Waals surface area contributed by atoms with Crippen molar-refractivity contribution in [2.24, 2.45) is 17.1 Å². The van der Waals surface area contributed by atoms with Crippen LogP contribution in [0.25, 0.3) is 0 Å². The van der Waals surface area contributed by atoms with Crippen molar-refractivity contribution in [2.45, 2.75) is 38.5 Å². The Bertz CT molecular complexity index is 512. The topological polar surface area (TPSA) is 29.3 Å². The van der Waals surface area contributed by atoms with Crippen LogP contribution in [-0.4, -0.2) is 24.3 Å². The van der Waals surface area contributed by atoms with Crippen molar-refractivity contribution in [3.05, 3.63) is 23.8 Å². The third-order valence-corrected chi connectivity index (χ3v) is 5.52. The first-order valence-corrected chi connectivity index (χ1v) is 9.19. The van der Waals surface area contributed by atoms with Gasteiger partial charge in [-0.15, -0.1) is 11.8 Å². The summed E-state index contributed by atoms with van der Waals surface area (Å²) in [4.78, 5) is 4.14. The number of piperidine rings is 1. The molecule has 0 spiro atoms. The Morgan fingerprint density at radius 3 is 2.38 bits per heavy atom. The number of thiocarbonyl (C=S) groups is 1. The van der Waals surface area contributed by atoms with Gasteiger partial charge >= 0.3 is 0 Å². The zero-order valence-corrected chi connectivity index (χ0v) is 15.1. The number of rotatable bonds is 3. The summed E-state index contributed by atoms with van der Waals surface area (Å²) in [6.45, 7) is 9.23. The van der Waals surface area contributed by atoms with Gasteiger partial charge < -0.3 is 10.6 Å². The molecule has 2 rings (SSSR count). The molecule has 0 aromatic heterocycles. The first-order chi connectivity index (χ1) is 9.84. The van der Waals surface area contributed by atoms with Crippen LogP contribution in [0.3, 0.4) is 0 Å². The molecule has 0 atom stereocenters. The standard InChI is InChI=1S/C17H26N2S2/c1-17(2,3)12-8-10-19(11-9-12)13-6-5-7-14(21-4)15(13)16(18)20/h5-7,12H,8-11H2,1-4H3,(H2,18,20). The molecule has 1 aromatic carbocycles. The molecule has 2 N–H and O–H groups in total. The van der Waals surface area contributed by atoms with Gasteiger partial charge in [0.15, 0.2) is 0 Å². The monoisotopic (exact) mass is 322 g/mol. The van der Waals surface area contributed by atoms with Gasteiger partial charge in [0.2, 0.25) is 0 Å². The van der Waals surface area contributed by atoms with Crippen LogP contribution in [0.15, 0.2) is 23.1 Å². The Labute approximate surface area is 138 Å². The van der Waals surface area contributed by atoms with E-state index in [0.29, 0.717) is 10.4 Å². The minimum Gasteiger partial charge on any atom is -0.389 e. The highest BCUT2D eigenvalue weighted by Gasteiger charge is 2.29. The number of thioether (sulfide) groups is 1. The maximum Gasteiger partial charge on any atom is 0.107 e. The number of hydrogen-bond acceptors (Lipinski definition) is 3. The van der Waals surface area contributed by atoms with Crippen LogP contribution in [0, 0.1) is 11.3 Å². The van der Waals surface area contributed by atoms with Gasteiger partial charge in [-0.1, -0.05) is 39.1 Å². The summed E-state index contributed by atoms with van der Waals surface area (Å²) in [5.74, 6) is 0.797. The van der Waals surface area contributed by atoms with E-state index in [0.717, 1.165) is 24.6 Å². The molecule has 116 valence electrons. The van der Waals surface area contributed by atoms with E-state index in [1.165, 1.54) is 23.4 Å². The lowest BCUT2D eigenvalue weighted by Crippen LogP contribution is -2.39. The molecule has 0 amide bonds. The average Bonchev–Trinajstić information content (AvgIpc) is 2.45. The van der Waals surface area contributed by atoms with Crippen LogP contribution < -0.4 is 10.6 Å². The van der Waals surface area contributed by atoms with Crippen molar-refractivity contribution in [1.29, 1.82) is 0 Å². The Hall–Kier alpha value is -0.740. The molecule has 0 aliphatic carbocycles. The first kappa shape index (κ1) is 16.6. The minimum atomic E-state index is 0.402. The molecule has 1 heterocycles. The number of anilines is 1. The summed E-state index contributed by atoms with van der Waals surface area (Å²) in [5.41, 5.74) is 8.65. The molecule has 2 nitrogen and oxygen atoms in total. The van der Waals surface area contributed by atoms with Gasteiger partial charge in [0.05, 0.1) is 0 Å². The molecule has 0 saturated carbocycles. The normalized spacial score (nSPS) is 17.0. The van der Waals surface area contributed by atoms with Gasteiger partial charge in [0.25, 0.3) is 0 Å². The SMILES string of the molecule is CSc1cccc(N2CCC(C(C)(C)C)CC2)c1C(N)=S. The highest BCUT2D eigenvalue weighted by molar-refractivity contribution is 7.98. The van der Waals surface area contributed by atoms with Crippen molar-refractivity contribution in [2.75, 3.05) is 24.2 Å². The Kier molecular flexibility index (Phi) is 5.20. The van der Waals surface area contributed by atoms with E-state index in [1.54, 1.807) is 11.8 Å². The van der Waals surface area contributed by atoms with E-state index >= 15 is 0 Å². The zero-order chi connectivity index (χ0) is 15.6. The maximum absolute atomic E-state index is 5.99. The lowest BCUT2D eigenvalue weighted by Gasteiger charge is -2.40. The molecular weight excluding hydrogens is 296 g/mol. The predicted octanol–water partition coefficient (Wildman–Crippen LogP) is 4.31. The molecular formula is C17H26N2S2. The smallest absolute Gasteiger partial charge is 0.107 e. The number of nitrogens with two attached hydrogens (primary N) is 1. The van der Waals surface area contributed by atoms with Gasteiger partial charge in [-0.3, -0.25) is 0 Å². The van der Waals surface area contributed by atoms with Gasteiger partial charge in [-0.05, 0) is 42.6 Å². The summed E-state index contributed by atoms with van der Waals surface area (Å²) in [5, 5.41) is 0. The van der Waals surface area contributed by atoms with Crippen LogP contribution in [0.2, 0.25) is 0 Å². The van der Waals surface area contributed by atoms with Crippen LogP contribution in [0.5, 0.6) is 0 Å². The van der Waals surface area contributed by atoms with Gasteiger partial charge in [-0.2, -0.15) is 0 Å². The van der Waals surface area contributed by atoms with E-state index in [4.69, 9.17) is 18.0 Å². The summed E-state index contributed by atoms with van der Waals surface area (Å²) in [6.07, 6.45) is 4.56. The fourth-order valence-electron chi connectivity index (χ4n) is 3.19. The Morgan fingerprint density at radius 1 is 1.29 bits per heavy atom. The number of nitrogens with zero attached hydrogens (tertiary/aromatic N) is 1. The minimum absolute atomic E-state index is 0.402. The van der Waals surface area contributed by atoms with Crippen molar-refractivity contribution >= 4 is 34.7 Å². The second kappa shape index (κ2) is 6.57. The van der Waals surface area contributed by atoms with Crippen molar-refractivity contribution in [3.63, 3.8) is 0 Å². The van der Waals surface area contributed by atoms with Crippen LogP contribution in [0.1, 0.15) is 39.2 Å². The zero-order valence-electron chi connectivity index (χ0n) is 13.5. The second-order valence-electron chi connectivity index (χ2n) is 6.85. The van der Waals surface area contributed by atoms with E-state index < -0.39 is 0 Å². The van der Waals surface area contributed by atoms with E-state index in [9.17, 15) is 0 Å². The third-order valence-electron chi connectivity index (χ3n) is 4.53. The van der Waals surface area contributed by atoms with Crippen molar-refractivity contribution in [3.8, 4) is 0 Å². The van der Waals surface area contributed by atoms with Crippen LogP contribution >= 0.6 is 24.0 Å². The van der Waals surface area contributed by atoms with Gasteiger partial charge in [0.1, 0.15) is 4.99 Å². The highest BCUT2D eigenvalue weighted by Crippen LogP contribution is 2.37. The lowest BCUT2D eigenvalue weighted by molar-refractivity contribution is 0.199. The molecule has 1 fully saturated rings. The van der Waals surface area contributed by atoms with Crippen LogP contribution in [-0.2, 0) is 0 Å². The average molecular weight is 323 g/mol. The molecule has 1 aliphatic rings.